The van der Waals surface area contributed by atoms with Gasteiger partial charge >= 0.3 is 5.97 Å². The lowest BCUT2D eigenvalue weighted by Crippen LogP contribution is -2.29. The molecule has 1 aromatic carbocycles. The highest BCUT2D eigenvalue weighted by Gasteiger charge is 2.32. The van der Waals surface area contributed by atoms with Crippen molar-refractivity contribution >= 4 is 17.6 Å². The summed E-state index contributed by atoms with van der Waals surface area (Å²) in [4.78, 5) is 11.9. The molecule has 1 N–H and O–H groups in total. The Labute approximate surface area is 117 Å². The zero-order valence-electron chi connectivity index (χ0n) is 11.2. The van der Waals surface area contributed by atoms with Gasteiger partial charge in [0.05, 0.1) is 18.6 Å². The number of carbonyl (C=O) groups excluding carboxylic acids is 1. The fourth-order valence-corrected chi connectivity index (χ4v) is 2.19. The van der Waals surface area contributed by atoms with Crippen LogP contribution in [0, 0.1) is 17.7 Å². The first-order chi connectivity index (χ1) is 8.86. The van der Waals surface area contributed by atoms with Gasteiger partial charge in [0.25, 0.3) is 0 Å². The molecule has 3 nitrogen and oxygen atoms in total. The summed E-state index contributed by atoms with van der Waals surface area (Å²) in [7, 11) is 0. The number of esters is 1. The zero-order valence-corrected chi connectivity index (χ0v) is 11.9. The molecule has 2 atom stereocenters. The van der Waals surface area contributed by atoms with Crippen molar-refractivity contribution in [2.45, 2.75) is 26.9 Å². The lowest BCUT2D eigenvalue weighted by molar-refractivity contribution is -0.154. The number of halogens is 2. The van der Waals surface area contributed by atoms with Crippen molar-refractivity contribution in [2.24, 2.45) is 11.8 Å². The van der Waals surface area contributed by atoms with Gasteiger partial charge in [-0.1, -0.05) is 25.4 Å². The van der Waals surface area contributed by atoms with E-state index < -0.39 is 23.8 Å². The molecule has 106 valence electrons. The minimum absolute atomic E-state index is 0.143. The van der Waals surface area contributed by atoms with Crippen LogP contribution in [0.15, 0.2) is 18.2 Å². The molecule has 0 aromatic heterocycles. The van der Waals surface area contributed by atoms with Crippen molar-refractivity contribution in [3.05, 3.63) is 34.6 Å². The summed E-state index contributed by atoms with van der Waals surface area (Å²) < 4.78 is 18.2. The van der Waals surface area contributed by atoms with E-state index in [2.05, 4.69) is 0 Å². The number of hydrogen-bond donors (Lipinski definition) is 1. The van der Waals surface area contributed by atoms with Crippen LogP contribution in [0.25, 0.3) is 0 Å². The average Bonchev–Trinajstić information content (AvgIpc) is 2.27. The highest BCUT2D eigenvalue weighted by atomic mass is 35.5. The molecule has 0 bridgehead atoms. The van der Waals surface area contributed by atoms with Crippen LogP contribution in [0.1, 0.15) is 32.4 Å². The first kappa shape index (κ1) is 15.9. The number of rotatable bonds is 5. The van der Waals surface area contributed by atoms with Crippen LogP contribution in [0.3, 0.4) is 0 Å². The van der Waals surface area contributed by atoms with Gasteiger partial charge < -0.3 is 9.84 Å². The maximum atomic E-state index is 13.3. The fraction of sp³-hybridized carbons (Fsp3) is 0.500. The van der Waals surface area contributed by atoms with E-state index in [-0.39, 0.29) is 23.1 Å². The van der Waals surface area contributed by atoms with Gasteiger partial charge in [-0.2, -0.15) is 0 Å². The molecular weight excluding hydrogens is 271 g/mol. The highest BCUT2D eigenvalue weighted by Crippen LogP contribution is 2.31. The second-order valence-electron chi connectivity index (χ2n) is 4.67. The largest absolute Gasteiger partial charge is 0.466 e. The molecule has 0 aliphatic rings. The predicted octanol–water partition coefficient (Wildman–Crippen LogP) is 3.35. The van der Waals surface area contributed by atoms with E-state index >= 15 is 0 Å². The SMILES string of the molecule is CCOC(=O)C(C(C)C)C(O)c1cc(F)cc(Cl)c1. The van der Waals surface area contributed by atoms with E-state index in [1.807, 2.05) is 0 Å². The molecule has 2 unspecified atom stereocenters. The third-order valence-corrected chi connectivity index (χ3v) is 3.06. The van der Waals surface area contributed by atoms with Crippen LogP contribution < -0.4 is 0 Å². The Morgan fingerprint density at radius 1 is 1.42 bits per heavy atom. The molecule has 1 aromatic rings. The number of hydrogen-bond acceptors (Lipinski definition) is 3. The molecule has 0 heterocycles. The second kappa shape index (κ2) is 6.87. The van der Waals surface area contributed by atoms with Crippen LogP contribution in [-0.2, 0) is 9.53 Å². The summed E-state index contributed by atoms with van der Waals surface area (Å²) in [6, 6.07) is 3.77. The van der Waals surface area contributed by atoms with E-state index in [0.717, 1.165) is 6.07 Å². The summed E-state index contributed by atoms with van der Waals surface area (Å²) in [5.74, 6) is -1.94. The quantitative estimate of drug-likeness (QED) is 0.845. The first-order valence-electron chi connectivity index (χ1n) is 6.17. The fourth-order valence-electron chi connectivity index (χ4n) is 1.96. The van der Waals surface area contributed by atoms with Crippen molar-refractivity contribution in [2.75, 3.05) is 6.61 Å². The van der Waals surface area contributed by atoms with Gasteiger partial charge in [-0.15, -0.1) is 0 Å². The molecule has 1 rings (SSSR count). The summed E-state index contributed by atoms with van der Waals surface area (Å²) in [5, 5.41) is 10.5. The van der Waals surface area contributed by atoms with Gasteiger partial charge in [0.1, 0.15) is 5.82 Å². The third kappa shape index (κ3) is 4.18. The minimum atomic E-state index is -1.15. The van der Waals surface area contributed by atoms with Gasteiger partial charge in [0.15, 0.2) is 0 Å². The van der Waals surface area contributed by atoms with Crippen molar-refractivity contribution in [1.29, 1.82) is 0 Å². The van der Waals surface area contributed by atoms with E-state index in [4.69, 9.17) is 16.3 Å². The Bertz CT molecular complexity index is 428. The van der Waals surface area contributed by atoms with E-state index in [1.165, 1.54) is 12.1 Å². The third-order valence-electron chi connectivity index (χ3n) is 2.84. The maximum Gasteiger partial charge on any atom is 0.312 e. The van der Waals surface area contributed by atoms with Crippen LogP contribution in [-0.4, -0.2) is 17.7 Å². The van der Waals surface area contributed by atoms with Crippen molar-refractivity contribution in [3.8, 4) is 0 Å². The average molecular weight is 289 g/mol. The topological polar surface area (TPSA) is 46.5 Å². The van der Waals surface area contributed by atoms with Crippen molar-refractivity contribution < 1.29 is 19.0 Å². The first-order valence-corrected chi connectivity index (χ1v) is 6.55. The molecule has 0 spiro atoms. The molecule has 5 heteroatoms. The lowest BCUT2D eigenvalue weighted by Gasteiger charge is -2.24. The van der Waals surface area contributed by atoms with Crippen molar-refractivity contribution in [1.82, 2.24) is 0 Å². The van der Waals surface area contributed by atoms with E-state index in [0.29, 0.717) is 0 Å². The van der Waals surface area contributed by atoms with Crippen molar-refractivity contribution in [3.63, 3.8) is 0 Å². The Balaban J connectivity index is 3.05. The lowest BCUT2D eigenvalue weighted by atomic mass is 9.86. The Morgan fingerprint density at radius 2 is 2.05 bits per heavy atom. The molecule has 0 saturated heterocycles. The van der Waals surface area contributed by atoms with Crippen LogP contribution in [0.4, 0.5) is 4.39 Å². The van der Waals surface area contributed by atoms with Crippen LogP contribution >= 0.6 is 11.6 Å². The number of aliphatic hydroxyl groups is 1. The minimum Gasteiger partial charge on any atom is -0.466 e. The predicted molar refractivity (Wildman–Crippen MR) is 71.3 cm³/mol. The standard InChI is InChI=1S/C14H18ClFO3/c1-4-19-14(18)12(8(2)3)13(17)9-5-10(15)7-11(16)6-9/h5-8,12-13,17H,4H2,1-3H3. The molecule has 0 fully saturated rings. The number of carbonyl (C=O) groups is 1. The maximum absolute atomic E-state index is 13.3. The number of aliphatic hydroxyl groups excluding tert-OH is 1. The summed E-state index contributed by atoms with van der Waals surface area (Å²) >= 11 is 5.75. The summed E-state index contributed by atoms with van der Waals surface area (Å²) in [6.07, 6.45) is -1.15. The van der Waals surface area contributed by atoms with E-state index in [9.17, 15) is 14.3 Å². The summed E-state index contributed by atoms with van der Waals surface area (Å²) in [6.45, 7) is 5.52. The molecule has 0 aliphatic heterocycles. The smallest absolute Gasteiger partial charge is 0.312 e. The molecule has 19 heavy (non-hydrogen) atoms. The molecule has 0 radical (unpaired) electrons. The van der Waals surface area contributed by atoms with Gasteiger partial charge in [-0.25, -0.2) is 4.39 Å². The van der Waals surface area contributed by atoms with Gasteiger partial charge in [-0.3, -0.25) is 4.79 Å². The Kier molecular flexibility index (Phi) is 5.76. The van der Waals surface area contributed by atoms with E-state index in [1.54, 1.807) is 20.8 Å². The molecule has 0 saturated carbocycles. The Hall–Kier alpha value is -1.13. The summed E-state index contributed by atoms with van der Waals surface area (Å²) in [5.41, 5.74) is 0.275. The molecular formula is C14H18ClFO3. The monoisotopic (exact) mass is 288 g/mol. The second-order valence-corrected chi connectivity index (χ2v) is 5.11. The molecule has 0 amide bonds. The van der Waals surface area contributed by atoms with Gasteiger partial charge in [0, 0.05) is 5.02 Å². The number of benzene rings is 1. The van der Waals surface area contributed by atoms with Gasteiger partial charge in [-0.05, 0) is 36.6 Å². The van der Waals surface area contributed by atoms with Crippen LogP contribution in [0.2, 0.25) is 5.02 Å². The Morgan fingerprint density at radius 3 is 2.53 bits per heavy atom. The molecule has 0 aliphatic carbocycles. The normalized spacial score (nSPS) is 14.3. The highest BCUT2D eigenvalue weighted by molar-refractivity contribution is 6.30. The zero-order chi connectivity index (χ0) is 14.6. The van der Waals surface area contributed by atoms with Crippen LogP contribution in [0.5, 0.6) is 0 Å². The number of ether oxygens (including phenoxy) is 1. The van der Waals surface area contributed by atoms with Gasteiger partial charge in [0.2, 0.25) is 0 Å².